The number of pyridine rings is 1. The molecule has 9 heteroatoms. The third-order valence-corrected chi connectivity index (χ3v) is 6.90. The van der Waals surface area contributed by atoms with Gasteiger partial charge in [0.1, 0.15) is 20.3 Å². The summed E-state index contributed by atoms with van der Waals surface area (Å²) in [6, 6.07) is 4.90. The molecule has 6 nitrogen and oxygen atoms in total. The fourth-order valence-electron chi connectivity index (χ4n) is 1.87. The van der Waals surface area contributed by atoms with Gasteiger partial charge in [-0.25, -0.2) is 21.8 Å². The van der Waals surface area contributed by atoms with Gasteiger partial charge in [-0.3, -0.25) is 4.72 Å². The van der Waals surface area contributed by atoms with E-state index in [1.807, 2.05) is 0 Å². The minimum absolute atomic E-state index is 0.0789. The number of nitrogens with zero attached hydrogens (tertiary/aromatic N) is 1. The van der Waals surface area contributed by atoms with E-state index in [-0.39, 0.29) is 30.2 Å². The molecule has 106 valence electrons. The minimum atomic E-state index is -3.60. The molecule has 1 aromatic heterocycles. The van der Waals surface area contributed by atoms with Crippen molar-refractivity contribution in [2.24, 2.45) is 0 Å². The highest BCUT2D eigenvalue weighted by molar-refractivity contribution is 9.10. The first-order chi connectivity index (χ1) is 8.78. The van der Waals surface area contributed by atoms with E-state index in [1.165, 1.54) is 0 Å². The monoisotopic (exact) mass is 368 g/mol. The Morgan fingerprint density at radius 2 is 1.89 bits per heavy atom. The van der Waals surface area contributed by atoms with E-state index >= 15 is 0 Å². The van der Waals surface area contributed by atoms with Crippen LogP contribution in [0.5, 0.6) is 0 Å². The predicted molar refractivity (Wildman–Crippen MR) is 76.2 cm³/mol. The third kappa shape index (κ3) is 3.90. The summed E-state index contributed by atoms with van der Waals surface area (Å²) in [5.41, 5.74) is 0. The zero-order valence-electron chi connectivity index (χ0n) is 9.91. The smallest absolute Gasteiger partial charge is 0.236 e. The number of halogens is 1. The quantitative estimate of drug-likeness (QED) is 0.808. The van der Waals surface area contributed by atoms with E-state index in [1.54, 1.807) is 18.2 Å². The first kappa shape index (κ1) is 14.7. The Bertz CT molecular complexity index is 659. The van der Waals surface area contributed by atoms with Crippen LogP contribution in [0.4, 0.5) is 5.82 Å². The Labute approximate surface area is 120 Å². The second kappa shape index (κ2) is 5.37. The van der Waals surface area contributed by atoms with Crippen molar-refractivity contribution in [3.8, 4) is 0 Å². The number of sulfonamides is 1. The molecule has 1 aromatic rings. The van der Waals surface area contributed by atoms with E-state index < -0.39 is 25.1 Å². The molecule has 1 aliphatic rings. The van der Waals surface area contributed by atoms with Crippen LogP contribution in [0.3, 0.4) is 0 Å². The van der Waals surface area contributed by atoms with Crippen LogP contribution >= 0.6 is 15.9 Å². The Balaban J connectivity index is 2.11. The molecule has 0 spiro atoms. The number of sulfone groups is 1. The summed E-state index contributed by atoms with van der Waals surface area (Å²) in [6.45, 7) is 0. The standard InChI is InChI=1S/C10H13BrN2O4S2/c11-9-2-1-3-10(12-9)13-19(16,17)8-4-6-18(14,15)7-5-8/h1-3,8H,4-7H2,(H,12,13). The lowest BCUT2D eigenvalue weighted by Gasteiger charge is -2.22. The zero-order chi connectivity index (χ0) is 14.1. The lowest BCUT2D eigenvalue weighted by Crippen LogP contribution is -2.36. The fourth-order valence-corrected chi connectivity index (χ4v) is 5.43. The number of rotatable bonds is 3. The van der Waals surface area contributed by atoms with Gasteiger partial charge >= 0.3 is 0 Å². The topological polar surface area (TPSA) is 93.2 Å². The molecule has 0 saturated carbocycles. The molecule has 1 N–H and O–H groups in total. The number of hydrogen-bond acceptors (Lipinski definition) is 5. The Hall–Kier alpha value is -0.670. The highest BCUT2D eigenvalue weighted by atomic mass is 79.9. The molecule has 0 radical (unpaired) electrons. The van der Waals surface area contributed by atoms with Crippen molar-refractivity contribution < 1.29 is 16.8 Å². The van der Waals surface area contributed by atoms with Crippen molar-refractivity contribution in [1.29, 1.82) is 0 Å². The Kier molecular flexibility index (Phi) is 4.17. The number of hydrogen-bond donors (Lipinski definition) is 1. The van der Waals surface area contributed by atoms with Gasteiger partial charge < -0.3 is 0 Å². The predicted octanol–water partition coefficient (Wildman–Crippen LogP) is 1.16. The second-order valence-electron chi connectivity index (χ2n) is 4.34. The highest BCUT2D eigenvalue weighted by Crippen LogP contribution is 2.21. The average Bonchev–Trinajstić information content (AvgIpc) is 2.27. The van der Waals surface area contributed by atoms with E-state index in [2.05, 4.69) is 25.6 Å². The molecule has 1 saturated heterocycles. The number of anilines is 1. The maximum atomic E-state index is 12.1. The summed E-state index contributed by atoms with van der Waals surface area (Å²) in [5.74, 6) is 0.0671. The summed E-state index contributed by atoms with van der Waals surface area (Å²) >= 11 is 3.16. The van der Waals surface area contributed by atoms with Gasteiger partial charge in [0.15, 0.2) is 0 Å². The largest absolute Gasteiger partial charge is 0.267 e. The summed E-state index contributed by atoms with van der Waals surface area (Å²) in [7, 11) is -6.67. The van der Waals surface area contributed by atoms with E-state index in [9.17, 15) is 16.8 Å². The van der Waals surface area contributed by atoms with Gasteiger partial charge in [-0.05, 0) is 40.9 Å². The first-order valence-electron chi connectivity index (χ1n) is 5.63. The van der Waals surface area contributed by atoms with Crippen molar-refractivity contribution in [1.82, 2.24) is 4.98 Å². The highest BCUT2D eigenvalue weighted by Gasteiger charge is 2.32. The molecule has 0 aromatic carbocycles. The van der Waals surface area contributed by atoms with Crippen LogP contribution in [0.1, 0.15) is 12.8 Å². The van der Waals surface area contributed by atoms with Crippen molar-refractivity contribution in [2.75, 3.05) is 16.2 Å². The minimum Gasteiger partial charge on any atom is -0.267 e. The summed E-state index contributed by atoms with van der Waals surface area (Å²) in [6.07, 6.45) is 0.261. The van der Waals surface area contributed by atoms with E-state index in [0.717, 1.165) is 0 Å². The van der Waals surface area contributed by atoms with E-state index in [0.29, 0.717) is 4.60 Å². The molecule has 1 fully saturated rings. The van der Waals surface area contributed by atoms with E-state index in [4.69, 9.17) is 0 Å². The van der Waals surface area contributed by atoms with Crippen LogP contribution in [0, 0.1) is 0 Å². The van der Waals surface area contributed by atoms with Crippen LogP contribution in [0.15, 0.2) is 22.8 Å². The van der Waals surface area contributed by atoms with Crippen LogP contribution in [-0.2, 0) is 19.9 Å². The van der Waals surface area contributed by atoms with Gasteiger partial charge in [-0.2, -0.15) is 0 Å². The molecule has 0 amide bonds. The normalized spacial score (nSPS) is 20.1. The fraction of sp³-hybridized carbons (Fsp3) is 0.500. The van der Waals surface area contributed by atoms with Gasteiger partial charge in [-0.1, -0.05) is 6.07 Å². The molecule has 19 heavy (non-hydrogen) atoms. The van der Waals surface area contributed by atoms with Crippen LogP contribution in [-0.4, -0.2) is 38.6 Å². The van der Waals surface area contributed by atoms with Gasteiger partial charge in [0, 0.05) is 0 Å². The van der Waals surface area contributed by atoms with Crippen LogP contribution in [0.25, 0.3) is 0 Å². The Morgan fingerprint density at radius 1 is 1.26 bits per heavy atom. The molecule has 2 rings (SSSR count). The van der Waals surface area contributed by atoms with Crippen molar-refractivity contribution in [2.45, 2.75) is 18.1 Å². The summed E-state index contributed by atoms with van der Waals surface area (Å²) in [4.78, 5) is 3.99. The maximum Gasteiger partial charge on any atom is 0.236 e. The molecule has 2 heterocycles. The van der Waals surface area contributed by atoms with Gasteiger partial charge in [-0.15, -0.1) is 0 Å². The van der Waals surface area contributed by atoms with Gasteiger partial charge in [0.25, 0.3) is 0 Å². The van der Waals surface area contributed by atoms with Crippen LogP contribution in [0.2, 0.25) is 0 Å². The van der Waals surface area contributed by atoms with Crippen molar-refractivity contribution in [3.63, 3.8) is 0 Å². The number of aromatic nitrogens is 1. The SMILES string of the molecule is O=S1(=O)CCC(S(=O)(=O)Nc2cccc(Br)n2)CC1. The Morgan fingerprint density at radius 3 is 2.47 bits per heavy atom. The lowest BCUT2D eigenvalue weighted by molar-refractivity contribution is 0.555. The summed E-state index contributed by atoms with van der Waals surface area (Å²) in [5, 5.41) is -0.684. The van der Waals surface area contributed by atoms with Gasteiger partial charge in [0.05, 0.1) is 16.8 Å². The number of nitrogens with one attached hydrogen (secondary N) is 1. The molecule has 0 aliphatic carbocycles. The van der Waals surface area contributed by atoms with Crippen molar-refractivity contribution >= 4 is 41.6 Å². The zero-order valence-corrected chi connectivity index (χ0v) is 13.1. The first-order valence-corrected chi connectivity index (χ1v) is 9.79. The third-order valence-electron chi connectivity index (χ3n) is 2.90. The van der Waals surface area contributed by atoms with Crippen molar-refractivity contribution in [3.05, 3.63) is 22.8 Å². The molecular formula is C10H13BrN2O4S2. The molecule has 1 aliphatic heterocycles. The maximum absolute atomic E-state index is 12.1. The average molecular weight is 369 g/mol. The summed E-state index contributed by atoms with van der Waals surface area (Å²) < 4.78 is 49.7. The molecule has 0 unspecified atom stereocenters. The lowest BCUT2D eigenvalue weighted by atomic mass is 10.2. The van der Waals surface area contributed by atoms with Gasteiger partial charge in [0.2, 0.25) is 10.0 Å². The molecule has 0 atom stereocenters. The molecule has 0 bridgehead atoms. The molecular weight excluding hydrogens is 356 g/mol. The second-order valence-corrected chi connectivity index (χ2v) is 9.42. The van der Waals surface area contributed by atoms with Crippen LogP contribution < -0.4 is 4.72 Å².